The number of rotatable bonds is 2. The Hall–Kier alpha value is -1.97. The molecule has 0 N–H and O–H groups in total. The molecule has 0 unspecified atom stereocenters. The maximum absolute atomic E-state index is 4.67. The Balaban J connectivity index is 2.44. The molecule has 0 amide bonds. The third kappa shape index (κ3) is 1.48. The van der Waals surface area contributed by atoms with Crippen molar-refractivity contribution in [1.29, 1.82) is 0 Å². The highest BCUT2D eigenvalue weighted by Crippen LogP contribution is 2.20. The van der Waals surface area contributed by atoms with E-state index >= 15 is 0 Å². The summed E-state index contributed by atoms with van der Waals surface area (Å²) in [6.07, 6.45) is 3.93. The molecule has 0 bridgehead atoms. The van der Waals surface area contributed by atoms with Gasteiger partial charge in [-0.1, -0.05) is 25.5 Å². The van der Waals surface area contributed by atoms with Crippen molar-refractivity contribution >= 4 is 16.7 Å². The molecule has 2 aromatic heterocycles. The largest absolute Gasteiger partial charge is 0.278 e. The van der Waals surface area contributed by atoms with E-state index in [4.69, 9.17) is 0 Å². The van der Waals surface area contributed by atoms with E-state index in [1.165, 1.54) is 5.56 Å². The van der Waals surface area contributed by atoms with Crippen LogP contribution in [0.5, 0.6) is 0 Å². The van der Waals surface area contributed by atoms with Crippen LogP contribution in [0.2, 0.25) is 0 Å². The third-order valence-corrected chi connectivity index (χ3v) is 3.03. The minimum absolute atomic E-state index is 0.839. The van der Waals surface area contributed by atoms with Crippen molar-refractivity contribution in [1.82, 2.24) is 19.6 Å². The molecule has 0 saturated heterocycles. The Labute approximate surface area is 99.3 Å². The summed E-state index contributed by atoms with van der Waals surface area (Å²) < 4.78 is 2.01. The van der Waals surface area contributed by atoms with Gasteiger partial charge in [-0.2, -0.15) is 0 Å². The number of aromatic nitrogens is 4. The van der Waals surface area contributed by atoms with Gasteiger partial charge in [0.15, 0.2) is 5.65 Å². The molecule has 2 heterocycles. The summed E-state index contributed by atoms with van der Waals surface area (Å²) in [4.78, 5) is 4.67. The molecule has 3 aromatic rings. The molecule has 17 heavy (non-hydrogen) atoms. The fourth-order valence-electron chi connectivity index (χ4n) is 2.25. The molecular formula is C13H14N4. The molecule has 4 nitrogen and oxygen atoms in total. The van der Waals surface area contributed by atoms with Gasteiger partial charge in [-0.3, -0.25) is 4.40 Å². The first-order valence-electron chi connectivity index (χ1n) is 5.89. The number of nitrogens with zero attached hydrogens (tertiary/aromatic N) is 4. The van der Waals surface area contributed by atoms with Gasteiger partial charge in [0.2, 0.25) is 0 Å². The second-order valence-electron chi connectivity index (χ2n) is 4.26. The number of benzene rings is 1. The molecule has 0 aliphatic rings. The highest BCUT2D eigenvalue weighted by Gasteiger charge is 2.09. The van der Waals surface area contributed by atoms with Gasteiger partial charge in [-0.05, 0) is 25.0 Å². The average Bonchev–Trinajstić information content (AvgIpc) is 2.81. The number of fused-ring (bicyclic) bond motifs is 3. The van der Waals surface area contributed by atoms with E-state index in [0.29, 0.717) is 0 Å². The van der Waals surface area contributed by atoms with Gasteiger partial charge < -0.3 is 0 Å². The van der Waals surface area contributed by atoms with Gasteiger partial charge in [0.1, 0.15) is 6.33 Å². The van der Waals surface area contributed by atoms with Crippen LogP contribution in [-0.4, -0.2) is 19.6 Å². The van der Waals surface area contributed by atoms with Gasteiger partial charge in [-0.15, -0.1) is 10.2 Å². The van der Waals surface area contributed by atoms with E-state index in [1.807, 2.05) is 11.3 Å². The van der Waals surface area contributed by atoms with Crippen LogP contribution >= 0.6 is 0 Å². The normalized spacial score (nSPS) is 11.4. The van der Waals surface area contributed by atoms with Gasteiger partial charge in [0, 0.05) is 0 Å². The van der Waals surface area contributed by atoms with Crippen molar-refractivity contribution in [2.24, 2.45) is 0 Å². The van der Waals surface area contributed by atoms with Crippen molar-refractivity contribution in [3.63, 3.8) is 0 Å². The average molecular weight is 226 g/mol. The highest BCUT2D eigenvalue weighted by atomic mass is 15.2. The fraction of sp³-hybridized carbons (Fsp3) is 0.308. The second-order valence-corrected chi connectivity index (χ2v) is 4.26. The summed E-state index contributed by atoms with van der Waals surface area (Å²) in [5, 5.41) is 8.06. The monoisotopic (exact) mass is 226 g/mol. The Morgan fingerprint density at radius 1 is 1.29 bits per heavy atom. The standard InChI is InChI=1S/C13H14N4/c1-3-5-10-6-4-7-11-12(10)15-9(2)13-16-14-8-17(11)13/h4,6-8H,3,5H2,1-2H3. The predicted octanol–water partition coefficient (Wildman–Crippen LogP) is 2.54. The van der Waals surface area contributed by atoms with Crippen LogP contribution in [0.1, 0.15) is 24.6 Å². The van der Waals surface area contributed by atoms with Crippen molar-refractivity contribution in [3.8, 4) is 0 Å². The molecule has 0 fully saturated rings. The van der Waals surface area contributed by atoms with Crippen LogP contribution < -0.4 is 0 Å². The Kier molecular flexibility index (Phi) is 2.28. The van der Waals surface area contributed by atoms with Crippen LogP contribution in [0.4, 0.5) is 0 Å². The number of aryl methyl sites for hydroxylation is 2. The summed E-state index contributed by atoms with van der Waals surface area (Å²) in [6.45, 7) is 4.16. The zero-order valence-electron chi connectivity index (χ0n) is 10.0. The third-order valence-electron chi connectivity index (χ3n) is 3.03. The van der Waals surface area contributed by atoms with Crippen molar-refractivity contribution in [3.05, 3.63) is 35.8 Å². The molecule has 0 aliphatic heterocycles. The van der Waals surface area contributed by atoms with Gasteiger partial charge in [0.05, 0.1) is 16.7 Å². The molecule has 0 saturated carbocycles. The van der Waals surface area contributed by atoms with Crippen LogP contribution in [0, 0.1) is 6.92 Å². The fourth-order valence-corrected chi connectivity index (χ4v) is 2.25. The quantitative estimate of drug-likeness (QED) is 0.674. The minimum atomic E-state index is 0.839. The summed E-state index contributed by atoms with van der Waals surface area (Å²) in [6, 6.07) is 6.29. The van der Waals surface area contributed by atoms with E-state index < -0.39 is 0 Å². The van der Waals surface area contributed by atoms with E-state index in [2.05, 4.69) is 40.3 Å². The molecule has 1 aromatic carbocycles. The topological polar surface area (TPSA) is 43.1 Å². The predicted molar refractivity (Wildman–Crippen MR) is 67.0 cm³/mol. The van der Waals surface area contributed by atoms with Gasteiger partial charge in [-0.25, -0.2) is 4.98 Å². The summed E-state index contributed by atoms with van der Waals surface area (Å²) in [7, 11) is 0. The Bertz CT molecular complexity index is 684. The van der Waals surface area contributed by atoms with Crippen molar-refractivity contribution in [2.45, 2.75) is 26.7 Å². The Morgan fingerprint density at radius 3 is 3.00 bits per heavy atom. The molecule has 3 rings (SSSR count). The molecule has 0 spiro atoms. The number of para-hydroxylation sites is 1. The molecule has 86 valence electrons. The zero-order chi connectivity index (χ0) is 11.8. The minimum Gasteiger partial charge on any atom is -0.278 e. The first kappa shape index (κ1) is 10.2. The van der Waals surface area contributed by atoms with E-state index in [-0.39, 0.29) is 0 Å². The lowest BCUT2D eigenvalue weighted by molar-refractivity contribution is 0.924. The molecule has 0 aliphatic carbocycles. The molecule has 0 radical (unpaired) electrons. The van der Waals surface area contributed by atoms with Crippen LogP contribution in [0.15, 0.2) is 24.5 Å². The highest BCUT2D eigenvalue weighted by molar-refractivity contribution is 5.81. The van der Waals surface area contributed by atoms with Crippen LogP contribution in [-0.2, 0) is 6.42 Å². The summed E-state index contributed by atoms with van der Waals surface area (Å²) in [5.74, 6) is 0. The summed E-state index contributed by atoms with van der Waals surface area (Å²) in [5.41, 5.74) is 5.22. The first-order chi connectivity index (χ1) is 8.31. The molecular weight excluding hydrogens is 212 g/mol. The maximum atomic E-state index is 4.67. The van der Waals surface area contributed by atoms with Crippen molar-refractivity contribution < 1.29 is 0 Å². The van der Waals surface area contributed by atoms with E-state index in [0.717, 1.165) is 35.2 Å². The SMILES string of the molecule is CCCc1cccc2c1nc(C)c1nncn12. The lowest BCUT2D eigenvalue weighted by Crippen LogP contribution is -1.98. The lowest BCUT2D eigenvalue weighted by Gasteiger charge is -2.07. The number of hydrogen-bond donors (Lipinski definition) is 0. The first-order valence-corrected chi connectivity index (χ1v) is 5.89. The van der Waals surface area contributed by atoms with Crippen LogP contribution in [0.25, 0.3) is 16.7 Å². The molecule has 4 heteroatoms. The smallest absolute Gasteiger partial charge is 0.182 e. The Morgan fingerprint density at radius 2 is 2.18 bits per heavy atom. The summed E-state index contributed by atoms with van der Waals surface area (Å²) >= 11 is 0. The maximum Gasteiger partial charge on any atom is 0.182 e. The van der Waals surface area contributed by atoms with Crippen molar-refractivity contribution in [2.75, 3.05) is 0 Å². The number of hydrogen-bond acceptors (Lipinski definition) is 3. The zero-order valence-corrected chi connectivity index (χ0v) is 10.0. The molecule has 0 atom stereocenters. The second kappa shape index (κ2) is 3.80. The van der Waals surface area contributed by atoms with E-state index in [1.54, 1.807) is 6.33 Å². The van der Waals surface area contributed by atoms with Gasteiger partial charge in [0.25, 0.3) is 0 Å². The van der Waals surface area contributed by atoms with E-state index in [9.17, 15) is 0 Å². The van der Waals surface area contributed by atoms with Crippen LogP contribution in [0.3, 0.4) is 0 Å². The lowest BCUT2D eigenvalue weighted by atomic mass is 10.1. The van der Waals surface area contributed by atoms with Gasteiger partial charge >= 0.3 is 0 Å².